The van der Waals surface area contributed by atoms with Gasteiger partial charge in [0.2, 0.25) is 0 Å². The molecule has 1 aliphatic carbocycles. The molecule has 274 valence electrons. The Morgan fingerprint density at radius 3 is 2.27 bits per heavy atom. The second-order valence-corrected chi connectivity index (χ2v) is 14.6. The molecule has 5 nitrogen and oxygen atoms in total. The molecule has 0 saturated heterocycles. The topological polar surface area (TPSA) is 44.9 Å². The minimum absolute atomic E-state index is 0. The Morgan fingerprint density at radius 2 is 1.53 bits per heavy atom. The number of nitrogens with zero attached hydrogens (tertiary/aromatic N) is 4. The van der Waals surface area contributed by atoms with Crippen LogP contribution < -0.4 is 4.74 Å². The van der Waals surface area contributed by atoms with Crippen LogP contribution >= 0.6 is 0 Å². The van der Waals surface area contributed by atoms with Crippen LogP contribution in [0.4, 0.5) is 0 Å². The number of allylic oxidation sites excluding steroid dienone is 2. The van der Waals surface area contributed by atoms with Crippen molar-refractivity contribution in [3.63, 3.8) is 0 Å². The van der Waals surface area contributed by atoms with Gasteiger partial charge in [-0.1, -0.05) is 116 Å². The van der Waals surface area contributed by atoms with E-state index in [0.29, 0.717) is 17.4 Å². The number of rotatable bonds is 8. The molecule has 5 aromatic carbocycles. The number of aromatic nitrogens is 4. The average Bonchev–Trinajstić information content (AvgIpc) is 3.75. The summed E-state index contributed by atoms with van der Waals surface area (Å²) in [7, 11) is 0. The number of pyridine rings is 1. The molecule has 1 aliphatic rings. The third-order valence-electron chi connectivity index (χ3n) is 10.9. The van der Waals surface area contributed by atoms with Gasteiger partial charge in [-0.15, -0.1) is 35.7 Å². The summed E-state index contributed by atoms with van der Waals surface area (Å²) < 4.78 is 11.0. The van der Waals surface area contributed by atoms with Crippen LogP contribution in [0.15, 0.2) is 139 Å². The number of hydrogen-bond donors (Lipinski definition) is 0. The molecule has 2 atom stereocenters. The normalized spacial score (nSPS) is 15.5. The molecule has 0 amide bonds. The van der Waals surface area contributed by atoms with E-state index in [-0.39, 0.29) is 27.0 Å². The van der Waals surface area contributed by atoms with Gasteiger partial charge in [-0.05, 0) is 67.4 Å². The molecule has 3 aromatic heterocycles. The van der Waals surface area contributed by atoms with Gasteiger partial charge in [-0.3, -0.25) is 4.68 Å². The van der Waals surface area contributed by atoms with E-state index in [0.717, 1.165) is 86.2 Å². The Kier molecular flexibility index (Phi) is 10.2. The Balaban J connectivity index is 0.00000427. The predicted molar refractivity (Wildman–Crippen MR) is 220 cm³/mol. The molecule has 9 rings (SSSR count). The molecule has 6 heteroatoms. The van der Waals surface area contributed by atoms with E-state index in [2.05, 4.69) is 164 Å². The molecular weight excluding hydrogens is 856 g/mol. The van der Waals surface area contributed by atoms with E-state index in [4.69, 9.17) is 14.8 Å². The molecule has 0 aliphatic heterocycles. The fourth-order valence-electron chi connectivity index (χ4n) is 8.30. The van der Waals surface area contributed by atoms with Gasteiger partial charge in [0.15, 0.2) is 0 Å². The van der Waals surface area contributed by atoms with Crippen LogP contribution in [-0.2, 0) is 27.5 Å². The van der Waals surface area contributed by atoms with Crippen molar-refractivity contribution < 1.29 is 25.8 Å². The zero-order valence-corrected chi connectivity index (χ0v) is 33.8. The molecule has 55 heavy (non-hydrogen) atoms. The Hall–Kier alpha value is -5.51. The van der Waals surface area contributed by atoms with Crippen LogP contribution in [0.1, 0.15) is 56.2 Å². The summed E-state index contributed by atoms with van der Waals surface area (Å²) in [5.74, 6) is 2.79. The van der Waals surface area contributed by atoms with Crippen molar-refractivity contribution in [2.75, 3.05) is 0 Å². The number of ether oxygens (including phenoxy) is 1. The first-order valence-corrected chi connectivity index (χ1v) is 19.0. The molecule has 1 unspecified atom stereocenters. The van der Waals surface area contributed by atoms with Gasteiger partial charge in [-0.2, -0.15) is 16.7 Å². The molecule has 0 N–H and O–H groups in total. The van der Waals surface area contributed by atoms with Crippen LogP contribution in [0, 0.1) is 25.0 Å². The molecular formula is C49H42N4OPt. The Morgan fingerprint density at radius 1 is 0.782 bits per heavy atom. The van der Waals surface area contributed by atoms with Gasteiger partial charge in [0.25, 0.3) is 0 Å². The molecule has 0 fully saturated rings. The zero-order valence-electron chi connectivity index (χ0n) is 31.5. The van der Waals surface area contributed by atoms with Gasteiger partial charge in [0, 0.05) is 45.8 Å². The minimum Gasteiger partial charge on any atom is -0.509 e. The number of benzene rings is 5. The summed E-state index contributed by atoms with van der Waals surface area (Å²) in [6, 6.07) is 49.6. The van der Waals surface area contributed by atoms with Crippen LogP contribution in [0.25, 0.3) is 55.8 Å². The SMILES string of the molecule is CCc1cc(Oc2[c-]c3c(cc2)c2ccccc2n3-c2cc(C)ccn2)[c-]c(-n2nc(-c3ccccc3)c(C3C(C)=CCC[C@@H]3C)c2-c2ccccc2)c1.[Pt+2]. The number of fused-ring (bicyclic) bond motifs is 3. The van der Waals surface area contributed by atoms with E-state index in [1.54, 1.807) is 0 Å². The van der Waals surface area contributed by atoms with Crippen LogP contribution in [0.5, 0.6) is 11.5 Å². The van der Waals surface area contributed by atoms with Crippen molar-refractivity contribution >= 4 is 21.8 Å². The standard InChI is InChI=1S/C49H42N4O.Pt/c1-5-35-28-38(30-40(29-35)54-39-23-24-42-41-21-12-13-22-43(41)52(44(42)31-39)45-27-32(2)25-26-50-45)53-49(37-19-10-7-11-20-37)47(46-33(3)15-14-16-34(46)4)48(51-53)36-17-8-6-9-18-36;/h6-13,15,17-29,34,46H,5,14,16H2,1-4H3;/q-2;+2/t34-,46?;/m0./s1. The van der Waals surface area contributed by atoms with E-state index in [9.17, 15) is 0 Å². The number of aryl methyl sites for hydroxylation is 2. The average molecular weight is 898 g/mol. The first-order valence-electron chi connectivity index (χ1n) is 19.0. The quantitative estimate of drug-likeness (QED) is 0.113. The minimum atomic E-state index is 0. The van der Waals surface area contributed by atoms with E-state index in [1.807, 2.05) is 18.3 Å². The molecule has 0 bridgehead atoms. The molecule has 3 heterocycles. The van der Waals surface area contributed by atoms with Gasteiger partial charge in [-0.25, -0.2) is 4.98 Å². The third kappa shape index (κ3) is 6.76. The van der Waals surface area contributed by atoms with Crippen molar-refractivity contribution in [3.05, 3.63) is 168 Å². The van der Waals surface area contributed by atoms with Gasteiger partial charge >= 0.3 is 21.1 Å². The maximum Gasteiger partial charge on any atom is 2.00 e. The van der Waals surface area contributed by atoms with Crippen LogP contribution in [0.2, 0.25) is 0 Å². The Labute approximate surface area is 337 Å². The van der Waals surface area contributed by atoms with Crippen molar-refractivity contribution in [1.29, 1.82) is 0 Å². The van der Waals surface area contributed by atoms with E-state index < -0.39 is 0 Å². The van der Waals surface area contributed by atoms with Gasteiger partial charge < -0.3 is 9.30 Å². The monoisotopic (exact) mass is 897 g/mol. The largest absolute Gasteiger partial charge is 2.00 e. The van der Waals surface area contributed by atoms with E-state index in [1.165, 1.54) is 11.1 Å². The smallest absolute Gasteiger partial charge is 0.509 e. The number of para-hydroxylation sites is 1. The second kappa shape index (κ2) is 15.3. The second-order valence-electron chi connectivity index (χ2n) is 14.6. The Bertz CT molecular complexity index is 2670. The first kappa shape index (κ1) is 36.5. The molecule has 0 radical (unpaired) electrons. The predicted octanol–water partition coefficient (Wildman–Crippen LogP) is 12.4. The summed E-state index contributed by atoms with van der Waals surface area (Å²) in [4.78, 5) is 4.75. The molecule has 0 spiro atoms. The summed E-state index contributed by atoms with van der Waals surface area (Å²) in [6.45, 7) is 8.94. The van der Waals surface area contributed by atoms with Gasteiger partial charge in [0.05, 0.1) is 11.4 Å². The number of hydrogen-bond acceptors (Lipinski definition) is 3. The fourth-order valence-corrected chi connectivity index (χ4v) is 8.30. The van der Waals surface area contributed by atoms with Crippen LogP contribution in [-0.4, -0.2) is 19.3 Å². The van der Waals surface area contributed by atoms with E-state index >= 15 is 0 Å². The molecule has 8 aromatic rings. The summed E-state index contributed by atoms with van der Waals surface area (Å²) >= 11 is 0. The van der Waals surface area contributed by atoms with Gasteiger partial charge in [0.1, 0.15) is 5.82 Å². The van der Waals surface area contributed by atoms with Crippen molar-refractivity contribution in [3.8, 4) is 45.5 Å². The van der Waals surface area contributed by atoms with Crippen molar-refractivity contribution in [2.24, 2.45) is 5.92 Å². The fraction of sp³-hybridized carbons (Fsp3) is 0.184. The van der Waals surface area contributed by atoms with Crippen molar-refractivity contribution in [1.82, 2.24) is 19.3 Å². The zero-order chi connectivity index (χ0) is 36.8. The maximum absolute atomic E-state index is 6.72. The molecule has 0 saturated carbocycles. The summed E-state index contributed by atoms with van der Waals surface area (Å²) in [6.07, 6.45) is 7.36. The van der Waals surface area contributed by atoms with Crippen LogP contribution in [0.3, 0.4) is 0 Å². The van der Waals surface area contributed by atoms with Crippen molar-refractivity contribution in [2.45, 2.75) is 52.9 Å². The first-order chi connectivity index (χ1) is 26.5. The maximum atomic E-state index is 6.72. The third-order valence-corrected chi connectivity index (χ3v) is 10.9. The summed E-state index contributed by atoms with van der Waals surface area (Å²) in [5, 5.41) is 7.74. The summed E-state index contributed by atoms with van der Waals surface area (Å²) in [5.41, 5.74) is 12.1.